The van der Waals surface area contributed by atoms with Gasteiger partial charge in [-0.25, -0.2) is 4.39 Å². The molecular formula is C10H10F4N2O. The van der Waals surface area contributed by atoms with Gasteiger partial charge in [-0.2, -0.15) is 13.2 Å². The number of rotatable bonds is 3. The molecule has 0 bridgehead atoms. The number of benzene rings is 1. The summed E-state index contributed by atoms with van der Waals surface area (Å²) >= 11 is 0. The Morgan fingerprint density at radius 2 is 1.88 bits per heavy atom. The highest BCUT2D eigenvalue weighted by Crippen LogP contribution is 2.25. The Hall–Kier alpha value is -1.63. The van der Waals surface area contributed by atoms with E-state index in [2.05, 4.69) is 0 Å². The Bertz CT molecular complexity index is 406. The van der Waals surface area contributed by atoms with E-state index in [1.807, 2.05) is 0 Å². The van der Waals surface area contributed by atoms with E-state index >= 15 is 0 Å². The Balaban J connectivity index is 3.10. The van der Waals surface area contributed by atoms with Crippen molar-refractivity contribution in [1.29, 1.82) is 0 Å². The average molecular weight is 250 g/mol. The zero-order valence-electron chi connectivity index (χ0n) is 8.67. The molecule has 1 rings (SSSR count). The van der Waals surface area contributed by atoms with Crippen LogP contribution >= 0.6 is 0 Å². The quantitative estimate of drug-likeness (QED) is 0.829. The van der Waals surface area contributed by atoms with Crippen LogP contribution in [0.2, 0.25) is 0 Å². The summed E-state index contributed by atoms with van der Waals surface area (Å²) in [6.07, 6.45) is -5.06. The first-order valence-corrected chi connectivity index (χ1v) is 4.71. The molecule has 0 atom stereocenters. The predicted molar refractivity (Wildman–Crippen MR) is 53.9 cm³/mol. The molecule has 0 radical (unpaired) electrons. The van der Waals surface area contributed by atoms with E-state index in [1.54, 1.807) is 0 Å². The molecule has 0 aromatic heterocycles. The zero-order chi connectivity index (χ0) is 13.1. The first kappa shape index (κ1) is 13.4. The molecule has 0 unspecified atom stereocenters. The van der Waals surface area contributed by atoms with Crippen molar-refractivity contribution in [1.82, 2.24) is 0 Å². The summed E-state index contributed by atoms with van der Waals surface area (Å²) < 4.78 is 50.2. The number of amides is 1. The Morgan fingerprint density at radius 3 is 2.35 bits per heavy atom. The first-order chi connectivity index (χ1) is 7.88. The van der Waals surface area contributed by atoms with Crippen LogP contribution in [0.5, 0.6) is 0 Å². The van der Waals surface area contributed by atoms with Gasteiger partial charge < -0.3 is 10.6 Å². The van der Waals surface area contributed by atoms with Crippen molar-refractivity contribution in [2.45, 2.75) is 6.18 Å². The van der Waals surface area contributed by atoms with Gasteiger partial charge in [0.1, 0.15) is 5.82 Å². The molecule has 1 amide bonds. The van der Waals surface area contributed by atoms with Crippen LogP contribution in [0, 0.1) is 5.82 Å². The summed E-state index contributed by atoms with van der Waals surface area (Å²) in [6, 6.07) is 4.72. The second-order valence-electron chi connectivity index (χ2n) is 3.19. The molecule has 0 aliphatic rings. The van der Waals surface area contributed by atoms with Crippen LogP contribution in [-0.4, -0.2) is 25.2 Å². The van der Waals surface area contributed by atoms with E-state index in [4.69, 9.17) is 5.73 Å². The van der Waals surface area contributed by atoms with Gasteiger partial charge in [-0.1, -0.05) is 12.1 Å². The fourth-order valence-corrected chi connectivity index (χ4v) is 1.28. The van der Waals surface area contributed by atoms with Gasteiger partial charge >= 0.3 is 12.1 Å². The molecule has 7 heteroatoms. The molecule has 3 nitrogen and oxygen atoms in total. The van der Waals surface area contributed by atoms with Crippen molar-refractivity contribution in [2.24, 2.45) is 5.73 Å². The molecular weight excluding hydrogens is 240 g/mol. The first-order valence-electron chi connectivity index (χ1n) is 4.71. The number of anilines is 1. The van der Waals surface area contributed by atoms with Crippen molar-refractivity contribution in [3.8, 4) is 0 Å². The summed E-state index contributed by atoms with van der Waals surface area (Å²) in [6.45, 7) is -0.602. The SMILES string of the molecule is NCCN(C(=O)C(F)(F)F)c1ccccc1F. The molecule has 0 heterocycles. The molecule has 2 N–H and O–H groups in total. The molecule has 0 aliphatic heterocycles. The number of nitrogens with zero attached hydrogens (tertiary/aromatic N) is 1. The molecule has 0 spiro atoms. The zero-order valence-corrected chi connectivity index (χ0v) is 8.67. The van der Waals surface area contributed by atoms with Crippen molar-refractivity contribution < 1.29 is 22.4 Å². The molecule has 0 saturated carbocycles. The fourth-order valence-electron chi connectivity index (χ4n) is 1.28. The molecule has 0 saturated heterocycles. The maximum atomic E-state index is 13.3. The van der Waals surface area contributed by atoms with Gasteiger partial charge in [0.15, 0.2) is 0 Å². The highest BCUT2D eigenvalue weighted by molar-refractivity contribution is 5.97. The lowest BCUT2D eigenvalue weighted by atomic mass is 10.2. The van der Waals surface area contributed by atoms with E-state index in [9.17, 15) is 22.4 Å². The summed E-state index contributed by atoms with van der Waals surface area (Å²) in [4.78, 5) is 11.4. The van der Waals surface area contributed by atoms with Gasteiger partial charge in [-0.15, -0.1) is 0 Å². The minimum atomic E-state index is -5.06. The number of alkyl halides is 3. The van der Waals surface area contributed by atoms with Gasteiger partial charge in [-0.05, 0) is 12.1 Å². The van der Waals surface area contributed by atoms with Gasteiger partial charge in [-0.3, -0.25) is 4.79 Å². The van der Waals surface area contributed by atoms with E-state index in [0.29, 0.717) is 0 Å². The maximum Gasteiger partial charge on any atom is 0.471 e. The van der Waals surface area contributed by atoms with E-state index in [-0.39, 0.29) is 11.4 Å². The summed E-state index contributed by atoms with van der Waals surface area (Å²) in [5, 5.41) is 0. The number of para-hydroxylation sites is 1. The number of carbonyl (C=O) groups is 1. The summed E-state index contributed by atoms with van der Waals surface area (Å²) in [5.41, 5.74) is 4.68. The topological polar surface area (TPSA) is 46.3 Å². The fraction of sp³-hybridized carbons (Fsp3) is 0.300. The molecule has 94 valence electrons. The Labute approximate surface area is 94.8 Å². The Morgan fingerprint density at radius 1 is 1.29 bits per heavy atom. The number of hydrogen-bond donors (Lipinski definition) is 1. The van der Waals surface area contributed by atoms with Crippen LogP contribution in [-0.2, 0) is 4.79 Å². The van der Waals surface area contributed by atoms with Crippen molar-refractivity contribution >= 4 is 11.6 Å². The number of halogens is 4. The van der Waals surface area contributed by atoms with Crippen molar-refractivity contribution in [2.75, 3.05) is 18.0 Å². The third-order valence-corrected chi connectivity index (χ3v) is 1.98. The Kier molecular flexibility index (Phi) is 4.06. The van der Waals surface area contributed by atoms with Gasteiger partial charge in [0.2, 0.25) is 0 Å². The highest BCUT2D eigenvalue weighted by Gasteiger charge is 2.43. The average Bonchev–Trinajstić information content (AvgIpc) is 2.25. The second-order valence-corrected chi connectivity index (χ2v) is 3.19. The molecule has 1 aromatic carbocycles. The van der Waals surface area contributed by atoms with Crippen molar-refractivity contribution in [3.63, 3.8) is 0 Å². The summed E-state index contributed by atoms with van der Waals surface area (Å²) in [5.74, 6) is -3.04. The predicted octanol–water partition coefficient (Wildman–Crippen LogP) is 1.68. The molecule has 17 heavy (non-hydrogen) atoms. The second kappa shape index (κ2) is 5.13. The lowest BCUT2D eigenvalue weighted by Gasteiger charge is -2.23. The van der Waals surface area contributed by atoms with Crippen LogP contribution in [0.3, 0.4) is 0 Å². The van der Waals surface area contributed by atoms with Crippen LogP contribution in [0.15, 0.2) is 24.3 Å². The third kappa shape index (κ3) is 3.16. The van der Waals surface area contributed by atoms with E-state index in [1.165, 1.54) is 12.1 Å². The summed E-state index contributed by atoms with van der Waals surface area (Å²) in [7, 11) is 0. The van der Waals surface area contributed by atoms with Gasteiger partial charge in [0, 0.05) is 13.1 Å². The minimum Gasteiger partial charge on any atom is -0.329 e. The number of hydrogen-bond acceptors (Lipinski definition) is 2. The van der Waals surface area contributed by atoms with E-state index in [0.717, 1.165) is 12.1 Å². The highest BCUT2D eigenvalue weighted by atomic mass is 19.4. The third-order valence-electron chi connectivity index (χ3n) is 1.98. The minimum absolute atomic E-state index is 0.198. The number of carbonyl (C=O) groups excluding carboxylic acids is 1. The molecule has 0 aliphatic carbocycles. The molecule has 1 aromatic rings. The van der Waals surface area contributed by atoms with Crippen molar-refractivity contribution in [3.05, 3.63) is 30.1 Å². The van der Waals surface area contributed by atoms with Gasteiger partial charge in [0.25, 0.3) is 0 Å². The van der Waals surface area contributed by atoms with Crippen LogP contribution in [0.1, 0.15) is 0 Å². The molecule has 0 fully saturated rings. The lowest BCUT2D eigenvalue weighted by Crippen LogP contribution is -2.44. The van der Waals surface area contributed by atoms with Crippen LogP contribution < -0.4 is 10.6 Å². The monoisotopic (exact) mass is 250 g/mol. The van der Waals surface area contributed by atoms with Gasteiger partial charge in [0.05, 0.1) is 5.69 Å². The van der Waals surface area contributed by atoms with E-state index < -0.39 is 30.1 Å². The maximum absolute atomic E-state index is 13.3. The number of nitrogens with two attached hydrogens (primary N) is 1. The van der Waals surface area contributed by atoms with Crippen LogP contribution in [0.25, 0.3) is 0 Å². The standard InChI is InChI=1S/C10H10F4N2O/c11-7-3-1-2-4-8(7)16(6-5-15)9(17)10(12,13)14/h1-4H,5-6,15H2. The normalized spacial score (nSPS) is 11.4. The largest absolute Gasteiger partial charge is 0.471 e. The lowest BCUT2D eigenvalue weighted by molar-refractivity contribution is -0.170. The van der Waals surface area contributed by atoms with Crippen LogP contribution in [0.4, 0.5) is 23.2 Å². The smallest absolute Gasteiger partial charge is 0.329 e.